The fraction of sp³-hybridized carbons (Fsp3) is 0.167. The molecule has 0 unspecified atom stereocenters. The molecule has 3 nitrogen and oxygen atoms in total. The minimum atomic E-state index is -4.36. The number of halogens is 3. The lowest BCUT2D eigenvalue weighted by Crippen LogP contribution is -2.07. The zero-order valence-electron chi connectivity index (χ0n) is 9.19. The van der Waals surface area contributed by atoms with Crippen LogP contribution < -0.4 is 0 Å². The van der Waals surface area contributed by atoms with E-state index >= 15 is 0 Å². The van der Waals surface area contributed by atoms with Gasteiger partial charge in [-0.3, -0.25) is 4.79 Å². The summed E-state index contributed by atoms with van der Waals surface area (Å²) in [4.78, 5) is 14.4. The van der Waals surface area contributed by atoms with Crippen molar-refractivity contribution in [2.24, 2.45) is 0 Å². The van der Waals surface area contributed by atoms with Gasteiger partial charge in [0, 0.05) is 6.54 Å². The van der Waals surface area contributed by atoms with Gasteiger partial charge in [0.2, 0.25) is 0 Å². The van der Waals surface area contributed by atoms with Gasteiger partial charge in [-0.2, -0.15) is 13.2 Å². The van der Waals surface area contributed by atoms with E-state index in [1.165, 1.54) is 23.2 Å². The molecule has 0 aliphatic heterocycles. The normalized spacial score (nSPS) is 11.5. The fourth-order valence-corrected chi connectivity index (χ4v) is 1.60. The van der Waals surface area contributed by atoms with E-state index in [0.717, 1.165) is 12.1 Å². The molecule has 0 fully saturated rings. The van der Waals surface area contributed by atoms with Crippen LogP contribution in [0.2, 0.25) is 0 Å². The van der Waals surface area contributed by atoms with Crippen molar-refractivity contribution in [3.8, 4) is 0 Å². The molecule has 0 N–H and O–H groups in total. The summed E-state index contributed by atoms with van der Waals surface area (Å²) in [6.07, 6.45) is -0.982. The topological polar surface area (TPSA) is 34.9 Å². The smallest absolute Gasteiger partial charge is 0.324 e. The first-order valence-corrected chi connectivity index (χ1v) is 5.12. The number of carbonyl (C=O) groups is 1. The third kappa shape index (κ3) is 2.58. The van der Waals surface area contributed by atoms with Crippen molar-refractivity contribution < 1.29 is 18.0 Å². The van der Waals surface area contributed by atoms with E-state index in [-0.39, 0.29) is 6.54 Å². The lowest BCUT2D eigenvalue weighted by atomic mass is 10.1. The highest BCUT2D eigenvalue weighted by atomic mass is 19.4. The van der Waals surface area contributed by atoms with Gasteiger partial charge < -0.3 is 4.57 Å². The summed E-state index contributed by atoms with van der Waals surface area (Å²) in [6.45, 7) is 0.179. The summed E-state index contributed by atoms with van der Waals surface area (Å²) in [5.41, 5.74) is 0.0890. The van der Waals surface area contributed by atoms with E-state index in [4.69, 9.17) is 0 Å². The highest BCUT2D eigenvalue weighted by Crippen LogP contribution is 2.29. The van der Waals surface area contributed by atoms with E-state index in [0.29, 0.717) is 17.5 Å². The van der Waals surface area contributed by atoms with E-state index in [1.807, 2.05) is 0 Å². The minimum absolute atomic E-state index is 0.179. The molecule has 2 rings (SSSR count). The molecular formula is C12H9F3N2O. The Morgan fingerprint density at radius 3 is 2.78 bits per heavy atom. The predicted octanol–water partition coefficient (Wildman–Crippen LogP) is 2.76. The number of aromatic nitrogens is 2. The molecule has 1 aromatic carbocycles. The van der Waals surface area contributed by atoms with Crippen molar-refractivity contribution in [3.05, 3.63) is 53.6 Å². The Labute approximate surface area is 101 Å². The number of benzene rings is 1. The highest BCUT2D eigenvalue weighted by Gasteiger charge is 2.30. The third-order valence-electron chi connectivity index (χ3n) is 2.47. The molecule has 0 amide bonds. The Hall–Kier alpha value is -2.11. The molecule has 1 aromatic heterocycles. The van der Waals surface area contributed by atoms with Crippen LogP contribution in [0.1, 0.15) is 21.6 Å². The summed E-state index contributed by atoms with van der Waals surface area (Å²) in [5, 5.41) is 0. The predicted molar refractivity (Wildman–Crippen MR) is 58.2 cm³/mol. The molecule has 0 bridgehead atoms. The molecule has 0 atom stereocenters. The molecule has 0 aliphatic rings. The van der Waals surface area contributed by atoms with Crippen molar-refractivity contribution in [2.75, 3.05) is 0 Å². The molecule has 0 saturated carbocycles. The van der Waals surface area contributed by atoms with Crippen LogP contribution in [0.25, 0.3) is 0 Å². The minimum Gasteiger partial charge on any atom is -0.324 e. The first kappa shape index (κ1) is 12.3. The van der Waals surface area contributed by atoms with Gasteiger partial charge in [0.25, 0.3) is 0 Å². The van der Waals surface area contributed by atoms with Crippen LogP contribution in [0.5, 0.6) is 0 Å². The van der Waals surface area contributed by atoms with Crippen LogP contribution in [0, 0.1) is 0 Å². The van der Waals surface area contributed by atoms with Crippen molar-refractivity contribution in [1.82, 2.24) is 9.55 Å². The Bertz CT molecular complexity index is 560. The van der Waals surface area contributed by atoms with E-state index in [9.17, 15) is 18.0 Å². The summed E-state index contributed by atoms with van der Waals surface area (Å²) >= 11 is 0. The number of imidazole rings is 1. The summed E-state index contributed by atoms with van der Waals surface area (Å²) in [6, 6.07) is 4.99. The zero-order valence-corrected chi connectivity index (χ0v) is 9.19. The molecule has 0 saturated heterocycles. The SMILES string of the molecule is O=Cc1cncn1Cc1cccc(C(F)(F)F)c1. The summed E-state index contributed by atoms with van der Waals surface area (Å²) < 4.78 is 39.0. The largest absolute Gasteiger partial charge is 0.416 e. The lowest BCUT2D eigenvalue weighted by Gasteiger charge is -2.09. The van der Waals surface area contributed by atoms with Gasteiger partial charge in [-0.1, -0.05) is 12.1 Å². The summed E-state index contributed by atoms with van der Waals surface area (Å²) in [5.74, 6) is 0. The van der Waals surface area contributed by atoms with Crippen LogP contribution in [-0.4, -0.2) is 15.8 Å². The number of carbonyl (C=O) groups excluding carboxylic acids is 1. The van der Waals surface area contributed by atoms with E-state index in [1.54, 1.807) is 6.07 Å². The molecule has 18 heavy (non-hydrogen) atoms. The van der Waals surface area contributed by atoms with Crippen molar-refractivity contribution in [2.45, 2.75) is 12.7 Å². The third-order valence-corrected chi connectivity index (χ3v) is 2.47. The Morgan fingerprint density at radius 1 is 1.33 bits per heavy atom. The molecule has 2 aromatic rings. The maximum Gasteiger partial charge on any atom is 0.416 e. The average molecular weight is 254 g/mol. The van der Waals surface area contributed by atoms with Crippen LogP contribution in [0.3, 0.4) is 0 Å². The van der Waals surface area contributed by atoms with Crippen LogP contribution in [-0.2, 0) is 12.7 Å². The van der Waals surface area contributed by atoms with Gasteiger partial charge >= 0.3 is 6.18 Å². The Morgan fingerprint density at radius 2 is 2.11 bits per heavy atom. The number of alkyl halides is 3. The zero-order chi connectivity index (χ0) is 13.2. The second-order valence-corrected chi connectivity index (χ2v) is 3.76. The molecule has 0 spiro atoms. The van der Waals surface area contributed by atoms with Crippen molar-refractivity contribution in [3.63, 3.8) is 0 Å². The molecule has 0 radical (unpaired) electrons. The number of aldehydes is 1. The molecule has 1 heterocycles. The van der Waals surface area contributed by atoms with Crippen LogP contribution in [0.4, 0.5) is 13.2 Å². The second-order valence-electron chi connectivity index (χ2n) is 3.76. The molecule has 6 heteroatoms. The monoisotopic (exact) mass is 254 g/mol. The van der Waals surface area contributed by atoms with Gasteiger partial charge in [-0.05, 0) is 17.7 Å². The van der Waals surface area contributed by atoms with Crippen LogP contribution >= 0.6 is 0 Å². The number of hydrogen-bond acceptors (Lipinski definition) is 2. The molecule has 0 aliphatic carbocycles. The van der Waals surface area contributed by atoms with Gasteiger partial charge in [0.05, 0.1) is 18.1 Å². The average Bonchev–Trinajstić information content (AvgIpc) is 2.75. The van der Waals surface area contributed by atoms with E-state index < -0.39 is 11.7 Å². The Kier molecular flexibility index (Phi) is 3.18. The first-order chi connectivity index (χ1) is 8.50. The molecule has 94 valence electrons. The quantitative estimate of drug-likeness (QED) is 0.789. The van der Waals surface area contributed by atoms with Gasteiger partial charge in [0.1, 0.15) is 5.69 Å². The van der Waals surface area contributed by atoms with Crippen molar-refractivity contribution in [1.29, 1.82) is 0 Å². The highest BCUT2D eigenvalue weighted by molar-refractivity contribution is 5.71. The number of nitrogens with zero attached hydrogens (tertiary/aromatic N) is 2. The molecular weight excluding hydrogens is 245 g/mol. The standard InChI is InChI=1S/C12H9F3N2O/c13-12(14,15)10-3-1-2-9(4-10)6-17-8-16-5-11(17)7-18/h1-5,7-8H,6H2. The van der Waals surface area contributed by atoms with Gasteiger partial charge in [0.15, 0.2) is 6.29 Å². The lowest BCUT2D eigenvalue weighted by molar-refractivity contribution is -0.137. The van der Waals surface area contributed by atoms with Crippen molar-refractivity contribution >= 4 is 6.29 Å². The van der Waals surface area contributed by atoms with Crippen LogP contribution in [0.15, 0.2) is 36.8 Å². The summed E-state index contributed by atoms with van der Waals surface area (Å²) in [7, 11) is 0. The first-order valence-electron chi connectivity index (χ1n) is 5.12. The number of hydrogen-bond donors (Lipinski definition) is 0. The second kappa shape index (κ2) is 4.64. The number of rotatable bonds is 3. The maximum absolute atomic E-state index is 12.5. The van der Waals surface area contributed by atoms with Gasteiger partial charge in [-0.25, -0.2) is 4.98 Å². The fourth-order valence-electron chi connectivity index (χ4n) is 1.60. The maximum atomic E-state index is 12.5. The van der Waals surface area contributed by atoms with Gasteiger partial charge in [-0.15, -0.1) is 0 Å². The Balaban J connectivity index is 2.28. The van der Waals surface area contributed by atoms with E-state index in [2.05, 4.69) is 4.98 Å².